The second-order valence-electron chi connectivity index (χ2n) is 8.00. The second kappa shape index (κ2) is 8.30. The first-order valence-corrected chi connectivity index (χ1v) is 8.46. The molecule has 1 rings (SSSR count). The monoisotopic (exact) mass is 367 g/mol. The van der Waals surface area contributed by atoms with Crippen molar-refractivity contribution in [3.63, 3.8) is 0 Å². The predicted molar refractivity (Wildman–Crippen MR) is 97.8 cm³/mol. The molecule has 0 aliphatic carbocycles. The smallest absolute Gasteiger partial charge is 0.410 e. The predicted octanol–water partition coefficient (Wildman–Crippen LogP) is 2.52. The zero-order chi connectivity index (χ0) is 20.1. The number of hydrogen-bond acceptors (Lipinski definition) is 6. The van der Waals surface area contributed by atoms with Gasteiger partial charge in [0.1, 0.15) is 16.9 Å². The van der Waals surface area contributed by atoms with Gasteiger partial charge in [-0.1, -0.05) is 11.1 Å². The van der Waals surface area contributed by atoms with E-state index in [2.05, 4.69) is 16.4 Å². The Balaban J connectivity index is 2.94. The molecule has 26 heavy (non-hydrogen) atoms. The maximum Gasteiger partial charge on any atom is 0.410 e. The summed E-state index contributed by atoms with van der Waals surface area (Å²) < 4.78 is 10.7. The van der Waals surface area contributed by atoms with Crippen LogP contribution in [-0.2, 0) is 14.3 Å². The minimum atomic E-state index is -0.642. The van der Waals surface area contributed by atoms with Gasteiger partial charge in [0.05, 0.1) is 18.6 Å². The number of terminal acetylenes is 1. The highest BCUT2D eigenvalue weighted by molar-refractivity contribution is 6.00. The Hall–Kier alpha value is -2.43. The van der Waals surface area contributed by atoms with E-state index in [4.69, 9.17) is 20.7 Å². The van der Waals surface area contributed by atoms with Gasteiger partial charge in [-0.3, -0.25) is 4.90 Å². The molecule has 2 atom stereocenters. The van der Waals surface area contributed by atoms with Crippen molar-refractivity contribution in [1.29, 1.82) is 0 Å². The Morgan fingerprint density at radius 3 is 2.31 bits per heavy atom. The summed E-state index contributed by atoms with van der Waals surface area (Å²) in [6.45, 7) is 12.6. The van der Waals surface area contributed by atoms with Crippen LogP contribution in [0.25, 0.3) is 0 Å². The van der Waals surface area contributed by atoms with Crippen LogP contribution in [0.4, 0.5) is 9.59 Å². The number of rotatable bonds is 3. The molecule has 1 fully saturated rings. The van der Waals surface area contributed by atoms with Crippen LogP contribution in [0.3, 0.4) is 0 Å². The number of amides is 2. The van der Waals surface area contributed by atoms with E-state index in [0.29, 0.717) is 5.71 Å². The fourth-order valence-corrected chi connectivity index (χ4v) is 2.31. The number of likely N-dealkylation sites (tertiary alicyclic amines) is 1. The average Bonchev–Trinajstić information content (AvgIpc) is 2.72. The number of nitrogens with zero attached hydrogens (tertiary/aromatic N) is 2. The molecule has 8 heteroatoms. The number of ether oxygens (including phenoxy) is 2. The second-order valence-corrected chi connectivity index (χ2v) is 8.00. The molecule has 0 aromatic rings. The lowest BCUT2D eigenvalue weighted by atomic mass is 10.1. The zero-order valence-electron chi connectivity index (χ0n) is 16.6. The molecule has 2 amide bonds. The van der Waals surface area contributed by atoms with Gasteiger partial charge in [0.15, 0.2) is 6.61 Å². The summed E-state index contributed by atoms with van der Waals surface area (Å²) in [5.74, 6) is 2.31. The highest BCUT2D eigenvalue weighted by Crippen LogP contribution is 2.20. The maximum absolute atomic E-state index is 12.4. The summed E-state index contributed by atoms with van der Waals surface area (Å²) >= 11 is 0. The van der Waals surface area contributed by atoms with E-state index in [1.165, 1.54) is 4.90 Å². The number of carbonyl (C=O) groups excluding carboxylic acids is 2. The number of nitrogens with one attached hydrogen (secondary N) is 1. The standard InChI is InChI=1S/C18H29N3O5/c1-9-10-24-20-14-12(2)21(16(23)26-18(6,7)8)11-13(14)19-15(22)25-17(3,4)5/h1,12-13H,10-11H2,2-8H3,(H,19,22). The van der Waals surface area contributed by atoms with Gasteiger partial charge in [0, 0.05) is 0 Å². The van der Waals surface area contributed by atoms with Gasteiger partial charge in [-0.05, 0) is 48.5 Å². The number of hydrogen-bond donors (Lipinski definition) is 1. The Morgan fingerprint density at radius 1 is 1.23 bits per heavy atom. The Kier molecular flexibility index (Phi) is 6.90. The number of alkyl carbamates (subject to hydrolysis) is 1. The fourth-order valence-electron chi connectivity index (χ4n) is 2.31. The molecule has 1 saturated heterocycles. The summed E-state index contributed by atoms with van der Waals surface area (Å²) in [5.41, 5.74) is -0.807. The van der Waals surface area contributed by atoms with E-state index in [1.54, 1.807) is 48.5 Å². The summed E-state index contributed by atoms with van der Waals surface area (Å²) in [4.78, 5) is 31.1. The molecule has 0 radical (unpaired) electrons. The minimum absolute atomic E-state index is 0.0121. The van der Waals surface area contributed by atoms with Crippen molar-refractivity contribution in [1.82, 2.24) is 10.2 Å². The lowest BCUT2D eigenvalue weighted by molar-refractivity contribution is 0.0240. The summed E-state index contributed by atoms with van der Waals surface area (Å²) in [6, 6.07) is -0.993. The van der Waals surface area contributed by atoms with Crippen molar-refractivity contribution in [2.24, 2.45) is 5.16 Å². The van der Waals surface area contributed by atoms with E-state index in [-0.39, 0.29) is 13.2 Å². The van der Waals surface area contributed by atoms with Gasteiger partial charge in [0.25, 0.3) is 0 Å². The van der Waals surface area contributed by atoms with Crippen molar-refractivity contribution in [2.45, 2.75) is 71.8 Å². The molecule has 8 nitrogen and oxygen atoms in total. The summed E-state index contributed by atoms with van der Waals surface area (Å²) in [6.07, 6.45) is 4.06. The molecule has 2 unspecified atom stereocenters. The fraction of sp³-hybridized carbons (Fsp3) is 0.722. The lowest BCUT2D eigenvalue weighted by Crippen LogP contribution is -2.44. The third kappa shape index (κ3) is 6.82. The molecule has 0 aromatic heterocycles. The van der Waals surface area contributed by atoms with E-state index in [1.807, 2.05) is 0 Å². The first kappa shape index (κ1) is 21.6. The molecule has 0 aromatic carbocycles. The molecular formula is C18H29N3O5. The van der Waals surface area contributed by atoms with Crippen LogP contribution < -0.4 is 5.32 Å². The van der Waals surface area contributed by atoms with Gasteiger partial charge in [0.2, 0.25) is 0 Å². The van der Waals surface area contributed by atoms with Crippen LogP contribution in [0, 0.1) is 12.3 Å². The van der Waals surface area contributed by atoms with Crippen molar-refractivity contribution in [3.8, 4) is 12.3 Å². The van der Waals surface area contributed by atoms with Crippen LogP contribution >= 0.6 is 0 Å². The van der Waals surface area contributed by atoms with Crippen molar-refractivity contribution in [2.75, 3.05) is 13.2 Å². The van der Waals surface area contributed by atoms with Crippen LogP contribution in [0.15, 0.2) is 5.16 Å². The third-order valence-electron chi connectivity index (χ3n) is 3.27. The number of carbonyl (C=O) groups is 2. The quantitative estimate of drug-likeness (QED) is 0.470. The molecule has 146 valence electrons. The molecule has 1 N–H and O–H groups in total. The van der Waals surface area contributed by atoms with E-state index < -0.39 is 35.5 Å². The molecule has 1 aliphatic rings. The van der Waals surface area contributed by atoms with Crippen molar-refractivity contribution >= 4 is 17.9 Å². The van der Waals surface area contributed by atoms with Gasteiger partial charge >= 0.3 is 12.2 Å². The Morgan fingerprint density at radius 2 is 1.81 bits per heavy atom. The molecule has 0 spiro atoms. The molecule has 1 heterocycles. The van der Waals surface area contributed by atoms with E-state index >= 15 is 0 Å². The minimum Gasteiger partial charge on any atom is -0.444 e. The van der Waals surface area contributed by atoms with Gasteiger partial charge < -0.3 is 19.6 Å². The molecule has 0 bridgehead atoms. The third-order valence-corrected chi connectivity index (χ3v) is 3.27. The van der Waals surface area contributed by atoms with Crippen LogP contribution in [0.2, 0.25) is 0 Å². The molecule has 1 aliphatic heterocycles. The van der Waals surface area contributed by atoms with Crippen LogP contribution in [0.1, 0.15) is 48.5 Å². The topological polar surface area (TPSA) is 89.5 Å². The molecule has 0 saturated carbocycles. The highest BCUT2D eigenvalue weighted by atomic mass is 16.6. The maximum atomic E-state index is 12.4. The van der Waals surface area contributed by atoms with E-state index in [0.717, 1.165) is 0 Å². The SMILES string of the molecule is C#CCON=C1C(NC(=O)OC(C)(C)C)CN(C(=O)OC(C)(C)C)C1C. The van der Waals surface area contributed by atoms with Crippen LogP contribution in [-0.4, -0.2) is 59.2 Å². The Labute approximate surface area is 155 Å². The normalized spacial score (nSPS) is 21.9. The van der Waals surface area contributed by atoms with Gasteiger partial charge in [-0.25, -0.2) is 9.59 Å². The largest absolute Gasteiger partial charge is 0.444 e. The lowest BCUT2D eigenvalue weighted by Gasteiger charge is -2.26. The van der Waals surface area contributed by atoms with Crippen LogP contribution in [0.5, 0.6) is 0 Å². The average molecular weight is 367 g/mol. The first-order valence-electron chi connectivity index (χ1n) is 8.46. The van der Waals surface area contributed by atoms with Gasteiger partial charge in [-0.15, -0.1) is 6.42 Å². The summed E-state index contributed by atoms with van der Waals surface area (Å²) in [5, 5.41) is 6.73. The van der Waals surface area contributed by atoms with Gasteiger partial charge in [-0.2, -0.15) is 0 Å². The summed E-state index contributed by atoms with van der Waals surface area (Å²) in [7, 11) is 0. The van der Waals surface area contributed by atoms with Crippen molar-refractivity contribution in [3.05, 3.63) is 0 Å². The number of oxime groups is 1. The highest BCUT2D eigenvalue weighted by Gasteiger charge is 2.42. The van der Waals surface area contributed by atoms with Crippen molar-refractivity contribution < 1.29 is 23.9 Å². The molecular weight excluding hydrogens is 338 g/mol. The first-order chi connectivity index (χ1) is 11.8. The van der Waals surface area contributed by atoms with E-state index in [9.17, 15) is 9.59 Å². The zero-order valence-corrected chi connectivity index (χ0v) is 16.6. The Bertz CT molecular complexity index is 595.